The van der Waals surface area contributed by atoms with Crippen molar-refractivity contribution in [3.8, 4) is 5.75 Å². The molecule has 0 radical (unpaired) electrons. The summed E-state index contributed by atoms with van der Waals surface area (Å²) >= 11 is 0. The molecule has 2 heterocycles. The van der Waals surface area contributed by atoms with E-state index in [0.717, 1.165) is 11.1 Å². The average molecular weight is 455 g/mol. The van der Waals surface area contributed by atoms with Gasteiger partial charge in [0.1, 0.15) is 5.75 Å². The van der Waals surface area contributed by atoms with Crippen molar-refractivity contribution in [2.45, 2.75) is 26.7 Å². The molecule has 4 rings (SSSR count). The lowest BCUT2D eigenvalue weighted by molar-refractivity contribution is 0.0734. The van der Waals surface area contributed by atoms with E-state index >= 15 is 0 Å². The lowest BCUT2D eigenvalue weighted by atomic mass is 9.85. The number of carbonyl (C=O) groups is 1. The number of hydrogen-bond donors (Lipinski definition) is 4. The van der Waals surface area contributed by atoms with Crippen LogP contribution >= 0.6 is 12.4 Å². The van der Waals surface area contributed by atoms with E-state index in [0.29, 0.717) is 33.8 Å². The van der Waals surface area contributed by atoms with Crippen molar-refractivity contribution in [3.63, 3.8) is 0 Å². The van der Waals surface area contributed by atoms with Crippen molar-refractivity contribution >= 4 is 18.4 Å². The number of hydrogen-bond acceptors (Lipinski definition) is 4. The monoisotopic (exact) mass is 454 g/mol. The van der Waals surface area contributed by atoms with Gasteiger partial charge in [-0.15, -0.1) is 12.4 Å². The third-order valence-corrected chi connectivity index (χ3v) is 5.28. The molecular formula is C23H23ClN4O4. The first-order valence-electron chi connectivity index (χ1n) is 9.78. The van der Waals surface area contributed by atoms with Crippen molar-refractivity contribution in [1.29, 1.82) is 0 Å². The van der Waals surface area contributed by atoms with Crippen LogP contribution < -0.4 is 15.9 Å². The van der Waals surface area contributed by atoms with E-state index in [-0.39, 0.29) is 23.5 Å². The van der Waals surface area contributed by atoms with Crippen molar-refractivity contribution in [2.75, 3.05) is 0 Å². The van der Waals surface area contributed by atoms with Crippen LogP contribution in [-0.2, 0) is 0 Å². The van der Waals surface area contributed by atoms with Crippen molar-refractivity contribution in [3.05, 3.63) is 108 Å². The highest BCUT2D eigenvalue weighted by Gasteiger charge is 2.28. The standard InChI is InChI=1S/C23H22N4O4.ClH/c1-12-5-4-6-16(11-12)23(30)31-17-9-7-15(8-10-17)20(18-13(2)24-26-21(18)28)19-14(3)25-27-22(19)29;/h4-11,20H,1-3H3,(H2,24,26,28)(H2,25,27,29);1H. The fourth-order valence-electron chi connectivity index (χ4n) is 3.75. The summed E-state index contributed by atoms with van der Waals surface area (Å²) in [5.41, 5.74) is 3.76. The lowest BCUT2D eigenvalue weighted by Crippen LogP contribution is -2.20. The number of aromatic nitrogens is 4. The van der Waals surface area contributed by atoms with Gasteiger partial charge in [0.15, 0.2) is 0 Å². The fourth-order valence-corrected chi connectivity index (χ4v) is 3.75. The van der Waals surface area contributed by atoms with Gasteiger partial charge in [0.25, 0.3) is 11.1 Å². The van der Waals surface area contributed by atoms with Crippen molar-refractivity contribution < 1.29 is 9.53 Å². The molecule has 0 aliphatic rings. The third kappa shape index (κ3) is 4.31. The maximum absolute atomic E-state index is 12.5. The summed E-state index contributed by atoms with van der Waals surface area (Å²) in [5, 5.41) is 10.8. The van der Waals surface area contributed by atoms with Crippen LogP contribution in [-0.4, -0.2) is 26.4 Å². The van der Waals surface area contributed by atoms with Crippen LogP contribution in [0.25, 0.3) is 0 Å². The summed E-state index contributed by atoms with van der Waals surface area (Å²) in [7, 11) is 0. The summed E-state index contributed by atoms with van der Waals surface area (Å²) in [4.78, 5) is 37.4. The number of ether oxygens (including phenoxy) is 1. The highest BCUT2D eigenvalue weighted by molar-refractivity contribution is 5.91. The maximum Gasteiger partial charge on any atom is 0.343 e. The minimum Gasteiger partial charge on any atom is -0.423 e. The van der Waals surface area contributed by atoms with Gasteiger partial charge in [0, 0.05) is 17.3 Å². The predicted molar refractivity (Wildman–Crippen MR) is 123 cm³/mol. The van der Waals surface area contributed by atoms with E-state index in [9.17, 15) is 14.4 Å². The van der Waals surface area contributed by atoms with E-state index < -0.39 is 11.9 Å². The first kappa shape index (κ1) is 22.9. The molecule has 166 valence electrons. The van der Waals surface area contributed by atoms with Crippen LogP contribution in [0.2, 0.25) is 0 Å². The molecule has 2 aromatic heterocycles. The van der Waals surface area contributed by atoms with Gasteiger partial charge in [-0.2, -0.15) is 0 Å². The second kappa shape index (κ2) is 9.15. The number of halogens is 1. The van der Waals surface area contributed by atoms with Gasteiger partial charge in [-0.25, -0.2) is 4.79 Å². The Bertz CT molecular complexity index is 1310. The maximum atomic E-state index is 12.5. The highest BCUT2D eigenvalue weighted by Crippen LogP contribution is 2.32. The molecule has 4 N–H and O–H groups in total. The minimum atomic E-state index is -0.591. The van der Waals surface area contributed by atoms with Gasteiger partial charge >= 0.3 is 5.97 Å². The topological polar surface area (TPSA) is 124 Å². The highest BCUT2D eigenvalue weighted by atomic mass is 35.5. The molecule has 9 heteroatoms. The number of benzene rings is 2. The van der Waals surface area contributed by atoms with Crippen LogP contribution in [0.3, 0.4) is 0 Å². The number of rotatable bonds is 5. The SMILES string of the molecule is Cc1cccc(C(=O)Oc2ccc(C(c3c(C)[nH][nH]c3=O)c3c(C)[nH][nH]c3=O)cc2)c1.Cl. The summed E-state index contributed by atoms with van der Waals surface area (Å²) in [5.74, 6) is -0.677. The number of H-pyrrole nitrogens is 4. The number of nitrogens with one attached hydrogen (secondary N) is 4. The Labute approximate surface area is 189 Å². The zero-order valence-electron chi connectivity index (χ0n) is 17.7. The normalized spacial score (nSPS) is 10.8. The Kier molecular flexibility index (Phi) is 6.55. The molecule has 2 aromatic carbocycles. The second-order valence-corrected chi connectivity index (χ2v) is 7.50. The average Bonchev–Trinajstić information content (AvgIpc) is 3.25. The zero-order chi connectivity index (χ0) is 22.1. The Balaban J connectivity index is 0.00000289. The summed E-state index contributed by atoms with van der Waals surface area (Å²) in [6.07, 6.45) is 0. The largest absolute Gasteiger partial charge is 0.423 e. The molecule has 0 saturated carbocycles. The van der Waals surface area contributed by atoms with E-state index in [4.69, 9.17) is 4.74 Å². The first-order valence-corrected chi connectivity index (χ1v) is 9.78. The number of aryl methyl sites for hydroxylation is 3. The van der Waals surface area contributed by atoms with Crippen LogP contribution in [0, 0.1) is 20.8 Å². The number of aromatic amines is 4. The molecule has 8 nitrogen and oxygen atoms in total. The smallest absolute Gasteiger partial charge is 0.343 e. The quantitative estimate of drug-likeness (QED) is 0.272. The second-order valence-electron chi connectivity index (χ2n) is 7.50. The van der Waals surface area contributed by atoms with Gasteiger partial charge in [-0.3, -0.25) is 19.8 Å². The van der Waals surface area contributed by atoms with Crippen LogP contribution in [0.5, 0.6) is 5.75 Å². The number of esters is 1. The molecule has 0 bridgehead atoms. The third-order valence-electron chi connectivity index (χ3n) is 5.28. The Morgan fingerprint density at radius 1 is 0.812 bits per heavy atom. The van der Waals surface area contributed by atoms with Gasteiger partial charge in [-0.05, 0) is 50.6 Å². The van der Waals surface area contributed by atoms with Gasteiger partial charge in [0.05, 0.1) is 16.7 Å². The van der Waals surface area contributed by atoms with E-state index in [1.165, 1.54) is 0 Å². The Hall–Kier alpha value is -3.78. The van der Waals surface area contributed by atoms with Gasteiger partial charge < -0.3 is 14.9 Å². The molecule has 0 aliphatic carbocycles. The Morgan fingerprint density at radius 2 is 1.38 bits per heavy atom. The fraction of sp³-hybridized carbons (Fsp3) is 0.174. The van der Waals surface area contributed by atoms with E-state index in [2.05, 4.69) is 20.4 Å². The van der Waals surface area contributed by atoms with Crippen molar-refractivity contribution in [2.24, 2.45) is 0 Å². The molecule has 0 atom stereocenters. The molecule has 0 saturated heterocycles. The van der Waals surface area contributed by atoms with Crippen LogP contribution in [0.15, 0.2) is 58.1 Å². The first-order chi connectivity index (χ1) is 14.8. The summed E-state index contributed by atoms with van der Waals surface area (Å²) in [6, 6.07) is 14.0. The van der Waals surface area contributed by atoms with Crippen molar-refractivity contribution in [1.82, 2.24) is 20.4 Å². The van der Waals surface area contributed by atoms with E-state index in [1.807, 2.05) is 13.0 Å². The molecule has 0 aliphatic heterocycles. The molecule has 32 heavy (non-hydrogen) atoms. The molecule has 0 amide bonds. The molecular weight excluding hydrogens is 432 g/mol. The predicted octanol–water partition coefficient (Wildman–Crippen LogP) is 3.47. The minimum absolute atomic E-state index is 0. The molecule has 4 aromatic rings. The van der Waals surface area contributed by atoms with Crippen LogP contribution in [0.1, 0.15) is 49.9 Å². The van der Waals surface area contributed by atoms with E-state index in [1.54, 1.807) is 56.3 Å². The molecule has 0 fully saturated rings. The summed E-state index contributed by atoms with van der Waals surface area (Å²) < 4.78 is 5.48. The zero-order valence-corrected chi connectivity index (χ0v) is 18.6. The molecule has 0 spiro atoms. The van der Waals surface area contributed by atoms with Crippen LogP contribution in [0.4, 0.5) is 0 Å². The van der Waals surface area contributed by atoms with Gasteiger partial charge in [0.2, 0.25) is 0 Å². The number of carbonyl (C=O) groups excluding carboxylic acids is 1. The molecule has 0 unspecified atom stereocenters. The summed E-state index contributed by atoms with van der Waals surface area (Å²) in [6.45, 7) is 5.45. The lowest BCUT2D eigenvalue weighted by Gasteiger charge is -2.16. The van der Waals surface area contributed by atoms with Gasteiger partial charge in [-0.1, -0.05) is 29.8 Å². The Morgan fingerprint density at radius 3 is 1.84 bits per heavy atom.